The van der Waals surface area contributed by atoms with Crippen LogP contribution < -0.4 is 0 Å². The second-order valence-corrected chi connectivity index (χ2v) is 3.06. The van der Waals surface area contributed by atoms with Gasteiger partial charge in [-0.05, 0) is 12.5 Å². The van der Waals surface area contributed by atoms with Crippen LogP contribution in [0, 0.1) is 11.8 Å². The smallest absolute Gasteiger partial charge is 0.151 e. The Morgan fingerprint density at radius 2 is 2.00 bits per heavy atom. The largest absolute Gasteiger partial charge is 0.384 e. The molecule has 74 valence electrons. The third-order valence-electron chi connectivity index (χ3n) is 2.14. The molecule has 0 saturated heterocycles. The van der Waals surface area contributed by atoms with Crippen molar-refractivity contribution < 1.29 is 9.84 Å². The van der Waals surface area contributed by atoms with Gasteiger partial charge in [0.2, 0.25) is 0 Å². The van der Waals surface area contributed by atoms with Crippen molar-refractivity contribution in [1.29, 1.82) is 0 Å². The molecule has 0 aliphatic heterocycles. The summed E-state index contributed by atoms with van der Waals surface area (Å²) in [5.74, 6) is 5.51. The highest BCUT2D eigenvalue weighted by Gasteiger charge is 2.22. The van der Waals surface area contributed by atoms with E-state index in [1.807, 2.05) is 37.3 Å². The predicted molar refractivity (Wildman–Crippen MR) is 55.7 cm³/mol. The summed E-state index contributed by atoms with van der Waals surface area (Å²) in [7, 11) is 1.61. The Balaban J connectivity index is 3.02. The summed E-state index contributed by atoms with van der Waals surface area (Å²) in [6.07, 6.45) is 0. The third kappa shape index (κ3) is 2.35. The number of hydrogen-bond donors (Lipinski definition) is 1. The molecule has 0 aliphatic rings. The summed E-state index contributed by atoms with van der Waals surface area (Å²) in [6, 6.07) is 9.73. The average molecular weight is 190 g/mol. The molecule has 1 N–H and O–H groups in total. The van der Waals surface area contributed by atoms with Crippen molar-refractivity contribution in [2.45, 2.75) is 12.5 Å². The van der Waals surface area contributed by atoms with Gasteiger partial charge < -0.3 is 9.84 Å². The lowest BCUT2D eigenvalue weighted by atomic mass is 9.96. The Morgan fingerprint density at radius 3 is 2.50 bits per heavy atom. The minimum Gasteiger partial charge on any atom is -0.384 e. The van der Waals surface area contributed by atoms with Crippen molar-refractivity contribution >= 4 is 0 Å². The maximum atomic E-state index is 8.64. The molecule has 0 radical (unpaired) electrons. The SMILES string of the molecule is COC(C)(C#CCO)c1ccccc1. The second-order valence-electron chi connectivity index (χ2n) is 3.06. The maximum absolute atomic E-state index is 8.64. The number of hydrogen-bond acceptors (Lipinski definition) is 2. The summed E-state index contributed by atoms with van der Waals surface area (Å²) < 4.78 is 5.34. The van der Waals surface area contributed by atoms with E-state index in [2.05, 4.69) is 11.8 Å². The third-order valence-corrected chi connectivity index (χ3v) is 2.14. The van der Waals surface area contributed by atoms with Crippen LogP contribution >= 0.6 is 0 Å². The molecule has 0 aromatic heterocycles. The fourth-order valence-corrected chi connectivity index (χ4v) is 1.21. The van der Waals surface area contributed by atoms with Crippen LogP contribution in [-0.4, -0.2) is 18.8 Å². The first-order valence-electron chi connectivity index (χ1n) is 4.44. The molecule has 0 bridgehead atoms. The van der Waals surface area contributed by atoms with Crippen LogP contribution in [0.15, 0.2) is 30.3 Å². The minimum atomic E-state index is -0.635. The maximum Gasteiger partial charge on any atom is 0.151 e. The van der Waals surface area contributed by atoms with E-state index in [9.17, 15) is 0 Å². The van der Waals surface area contributed by atoms with E-state index in [0.717, 1.165) is 5.56 Å². The van der Waals surface area contributed by atoms with Gasteiger partial charge >= 0.3 is 0 Å². The van der Waals surface area contributed by atoms with Gasteiger partial charge in [-0.3, -0.25) is 0 Å². The van der Waals surface area contributed by atoms with Gasteiger partial charge in [0.05, 0.1) is 0 Å². The van der Waals surface area contributed by atoms with E-state index in [1.54, 1.807) is 7.11 Å². The van der Waals surface area contributed by atoms with Gasteiger partial charge in [-0.2, -0.15) is 0 Å². The molecule has 0 aliphatic carbocycles. The molecule has 0 heterocycles. The first-order valence-corrected chi connectivity index (χ1v) is 4.44. The van der Waals surface area contributed by atoms with Crippen LogP contribution in [0.3, 0.4) is 0 Å². The Labute approximate surface area is 84.5 Å². The molecule has 1 aromatic carbocycles. The zero-order chi connectivity index (χ0) is 10.4. The van der Waals surface area contributed by atoms with Crippen molar-refractivity contribution in [2.24, 2.45) is 0 Å². The first kappa shape index (κ1) is 10.8. The lowest BCUT2D eigenvalue weighted by Crippen LogP contribution is -2.22. The number of aliphatic hydroxyl groups is 1. The highest BCUT2D eigenvalue weighted by molar-refractivity contribution is 5.31. The van der Waals surface area contributed by atoms with Gasteiger partial charge in [-0.1, -0.05) is 42.2 Å². The van der Waals surface area contributed by atoms with Gasteiger partial charge in [0, 0.05) is 7.11 Å². The molecular weight excluding hydrogens is 176 g/mol. The van der Waals surface area contributed by atoms with E-state index in [1.165, 1.54) is 0 Å². The van der Waals surface area contributed by atoms with Gasteiger partial charge in [0.15, 0.2) is 5.60 Å². The Kier molecular flexibility index (Phi) is 3.70. The zero-order valence-electron chi connectivity index (χ0n) is 8.45. The normalized spacial score (nSPS) is 13.9. The molecule has 1 unspecified atom stereocenters. The van der Waals surface area contributed by atoms with E-state index in [4.69, 9.17) is 9.84 Å². The summed E-state index contributed by atoms with van der Waals surface area (Å²) >= 11 is 0. The topological polar surface area (TPSA) is 29.5 Å². The number of methoxy groups -OCH3 is 1. The van der Waals surface area contributed by atoms with Gasteiger partial charge in [0.25, 0.3) is 0 Å². The molecule has 1 rings (SSSR count). The molecule has 0 saturated carbocycles. The molecule has 1 atom stereocenters. The van der Waals surface area contributed by atoms with Gasteiger partial charge in [-0.25, -0.2) is 0 Å². The zero-order valence-corrected chi connectivity index (χ0v) is 8.45. The molecule has 14 heavy (non-hydrogen) atoms. The summed E-state index contributed by atoms with van der Waals surface area (Å²) in [5.41, 5.74) is 0.354. The van der Waals surface area contributed by atoms with Gasteiger partial charge in [0.1, 0.15) is 6.61 Å². The Morgan fingerprint density at radius 1 is 1.36 bits per heavy atom. The van der Waals surface area contributed by atoms with Crippen LogP contribution in [0.1, 0.15) is 12.5 Å². The van der Waals surface area contributed by atoms with E-state index < -0.39 is 5.60 Å². The Bertz CT molecular complexity index is 334. The first-order chi connectivity index (χ1) is 6.73. The average Bonchev–Trinajstić information content (AvgIpc) is 2.27. The summed E-state index contributed by atoms with van der Waals surface area (Å²) in [5, 5.41) is 8.64. The molecule has 2 heteroatoms. The van der Waals surface area contributed by atoms with Crippen molar-refractivity contribution in [3.05, 3.63) is 35.9 Å². The second kappa shape index (κ2) is 4.80. The van der Waals surface area contributed by atoms with Crippen molar-refractivity contribution in [3.63, 3.8) is 0 Å². The lowest BCUT2D eigenvalue weighted by molar-refractivity contribution is 0.0549. The Hall–Kier alpha value is -1.30. The van der Waals surface area contributed by atoms with E-state index >= 15 is 0 Å². The standard InChI is InChI=1S/C12H14O2/c1-12(14-2,9-6-10-13)11-7-4-3-5-8-11/h3-5,7-8,13H,10H2,1-2H3. The number of benzene rings is 1. The van der Waals surface area contributed by atoms with Crippen molar-refractivity contribution in [2.75, 3.05) is 13.7 Å². The van der Waals surface area contributed by atoms with Gasteiger partial charge in [-0.15, -0.1) is 0 Å². The fraction of sp³-hybridized carbons (Fsp3) is 0.333. The molecule has 0 spiro atoms. The molecule has 2 nitrogen and oxygen atoms in total. The number of aliphatic hydroxyl groups excluding tert-OH is 1. The number of ether oxygens (including phenoxy) is 1. The van der Waals surface area contributed by atoms with E-state index in [-0.39, 0.29) is 6.61 Å². The van der Waals surface area contributed by atoms with Crippen molar-refractivity contribution in [3.8, 4) is 11.8 Å². The summed E-state index contributed by atoms with van der Waals surface area (Å²) in [4.78, 5) is 0. The highest BCUT2D eigenvalue weighted by atomic mass is 16.5. The highest BCUT2D eigenvalue weighted by Crippen LogP contribution is 2.22. The van der Waals surface area contributed by atoms with Crippen LogP contribution in [-0.2, 0) is 10.3 Å². The van der Waals surface area contributed by atoms with Crippen LogP contribution in [0.2, 0.25) is 0 Å². The predicted octanol–water partition coefficient (Wildman–Crippen LogP) is 1.54. The molecule has 1 aromatic rings. The number of rotatable bonds is 2. The molecular formula is C12H14O2. The molecule has 0 fully saturated rings. The summed E-state index contributed by atoms with van der Waals surface area (Å²) in [6.45, 7) is 1.73. The monoisotopic (exact) mass is 190 g/mol. The van der Waals surface area contributed by atoms with E-state index in [0.29, 0.717) is 0 Å². The quantitative estimate of drug-likeness (QED) is 0.717. The van der Waals surface area contributed by atoms with Crippen LogP contribution in [0.25, 0.3) is 0 Å². The van der Waals surface area contributed by atoms with Crippen LogP contribution in [0.5, 0.6) is 0 Å². The lowest BCUT2D eigenvalue weighted by Gasteiger charge is -2.22. The van der Waals surface area contributed by atoms with Crippen molar-refractivity contribution in [1.82, 2.24) is 0 Å². The minimum absolute atomic E-state index is 0.147. The molecule has 0 amide bonds. The fourth-order valence-electron chi connectivity index (χ4n) is 1.21. The van der Waals surface area contributed by atoms with Crippen LogP contribution in [0.4, 0.5) is 0 Å².